The largest absolute Gasteiger partial charge is 0.481 e. The summed E-state index contributed by atoms with van der Waals surface area (Å²) in [5.41, 5.74) is -1.09. The molecular formula is C17H15F3N2O3S. The Morgan fingerprint density at radius 1 is 1.31 bits per heavy atom. The average Bonchev–Trinajstić information content (AvgIpc) is 3.22. The summed E-state index contributed by atoms with van der Waals surface area (Å²) < 4.78 is 39.7. The number of hydrogen-bond donors (Lipinski definition) is 1. The Kier molecular flexibility index (Phi) is 4.51. The Hall–Kier alpha value is -2.42. The monoisotopic (exact) mass is 384 g/mol. The normalized spacial score (nSPS) is 20.4. The number of likely N-dealkylation sites (tertiary alicyclic amines) is 1. The number of carboxylic acids is 1. The molecule has 0 aliphatic carbocycles. The fourth-order valence-electron chi connectivity index (χ4n) is 2.98. The standard InChI is InChI=1S/C17H15F3N2O3S/c1-10-4-2-3-5-11(10)13-21-12(8-26-13)14(23)22-7-6-16(9-22,15(24)25)17(18,19)20/h2-5,8H,6-7,9H2,1H3,(H,24,25). The van der Waals surface area contributed by atoms with Crippen LogP contribution in [0.5, 0.6) is 0 Å². The van der Waals surface area contributed by atoms with Crippen LogP contribution in [0.25, 0.3) is 10.6 Å². The fourth-order valence-corrected chi connectivity index (χ4v) is 3.86. The zero-order valence-electron chi connectivity index (χ0n) is 13.7. The summed E-state index contributed by atoms with van der Waals surface area (Å²) in [6, 6.07) is 7.43. The van der Waals surface area contributed by atoms with E-state index in [9.17, 15) is 22.8 Å². The smallest absolute Gasteiger partial charge is 0.406 e. The van der Waals surface area contributed by atoms with Crippen molar-refractivity contribution in [3.8, 4) is 10.6 Å². The molecule has 26 heavy (non-hydrogen) atoms. The number of aliphatic carboxylic acids is 1. The zero-order chi connectivity index (χ0) is 19.1. The SMILES string of the molecule is Cc1ccccc1-c1nc(C(=O)N2CCC(C(=O)O)(C(F)(F)F)C2)cs1. The molecule has 1 aromatic heterocycles. The second-order valence-corrected chi connectivity index (χ2v) is 7.07. The molecule has 1 saturated heterocycles. The lowest BCUT2D eigenvalue weighted by molar-refractivity contribution is -0.227. The number of thiazole rings is 1. The van der Waals surface area contributed by atoms with E-state index in [1.807, 2.05) is 31.2 Å². The highest BCUT2D eigenvalue weighted by atomic mass is 32.1. The van der Waals surface area contributed by atoms with E-state index >= 15 is 0 Å². The van der Waals surface area contributed by atoms with Crippen LogP contribution in [0.4, 0.5) is 13.2 Å². The molecule has 1 N–H and O–H groups in total. The van der Waals surface area contributed by atoms with E-state index in [1.54, 1.807) is 0 Å². The molecule has 138 valence electrons. The molecule has 1 aliphatic rings. The molecule has 1 fully saturated rings. The summed E-state index contributed by atoms with van der Waals surface area (Å²) in [7, 11) is 0. The van der Waals surface area contributed by atoms with Crippen molar-refractivity contribution in [1.29, 1.82) is 0 Å². The van der Waals surface area contributed by atoms with E-state index in [0.717, 1.165) is 16.0 Å². The van der Waals surface area contributed by atoms with Crippen LogP contribution in [0.2, 0.25) is 0 Å². The van der Waals surface area contributed by atoms with E-state index in [4.69, 9.17) is 5.11 Å². The van der Waals surface area contributed by atoms with Crippen molar-refractivity contribution in [1.82, 2.24) is 9.88 Å². The Labute approximate surface area is 151 Å². The number of halogens is 3. The third-order valence-corrected chi connectivity index (χ3v) is 5.48. The van der Waals surface area contributed by atoms with Gasteiger partial charge in [-0.2, -0.15) is 13.2 Å². The summed E-state index contributed by atoms with van der Waals surface area (Å²) in [6.07, 6.45) is -5.59. The molecular weight excluding hydrogens is 369 g/mol. The first-order valence-corrected chi connectivity index (χ1v) is 8.64. The van der Waals surface area contributed by atoms with E-state index in [0.29, 0.717) is 5.01 Å². The highest BCUT2D eigenvalue weighted by Gasteiger charge is 2.64. The number of carbonyl (C=O) groups is 2. The summed E-state index contributed by atoms with van der Waals surface area (Å²) in [4.78, 5) is 28.9. The molecule has 1 amide bonds. The fraction of sp³-hybridized carbons (Fsp3) is 0.353. The van der Waals surface area contributed by atoms with Gasteiger partial charge in [0, 0.05) is 24.0 Å². The molecule has 0 bridgehead atoms. The van der Waals surface area contributed by atoms with Gasteiger partial charge in [-0.05, 0) is 18.9 Å². The van der Waals surface area contributed by atoms with Crippen LogP contribution in [0.15, 0.2) is 29.6 Å². The van der Waals surface area contributed by atoms with Gasteiger partial charge in [0.15, 0.2) is 5.41 Å². The van der Waals surface area contributed by atoms with Crippen LogP contribution < -0.4 is 0 Å². The molecule has 1 unspecified atom stereocenters. The first-order valence-electron chi connectivity index (χ1n) is 7.77. The van der Waals surface area contributed by atoms with Gasteiger partial charge in [-0.3, -0.25) is 9.59 Å². The lowest BCUT2D eigenvalue weighted by atomic mass is 9.86. The van der Waals surface area contributed by atoms with Crippen LogP contribution in [-0.2, 0) is 4.79 Å². The second-order valence-electron chi connectivity index (χ2n) is 6.21. The van der Waals surface area contributed by atoms with Crippen LogP contribution in [-0.4, -0.2) is 46.1 Å². The van der Waals surface area contributed by atoms with Crippen molar-refractivity contribution in [3.63, 3.8) is 0 Å². The number of rotatable bonds is 3. The van der Waals surface area contributed by atoms with Crippen molar-refractivity contribution in [3.05, 3.63) is 40.9 Å². The van der Waals surface area contributed by atoms with E-state index in [1.165, 1.54) is 16.7 Å². The Bertz CT molecular complexity index is 865. The molecule has 9 heteroatoms. The van der Waals surface area contributed by atoms with Crippen LogP contribution in [0, 0.1) is 12.3 Å². The average molecular weight is 384 g/mol. The number of amides is 1. The quantitative estimate of drug-likeness (QED) is 0.878. The maximum absolute atomic E-state index is 13.2. The number of nitrogens with zero attached hydrogens (tertiary/aromatic N) is 2. The lowest BCUT2D eigenvalue weighted by Gasteiger charge is -2.27. The summed E-state index contributed by atoms with van der Waals surface area (Å²) >= 11 is 1.22. The molecule has 1 aromatic carbocycles. The van der Waals surface area contributed by atoms with Crippen LogP contribution in [0.3, 0.4) is 0 Å². The summed E-state index contributed by atoms with van der Waals surface area (Å²) in [5, 5.41) is 11.2. The third-order valence-electron chi connectivity index (χ3n) is 4.61. The van der Waals surface area contributed by atoms with Gasteiger partial charge in [-0.15, -0.1) is 11.3 Å². The van der Waals surface area contributed by atoms with Crippen molar-refractivity contribution >= 4 is 23.2 Å². The molecule has 3 rings (SSSR count). The van der Waals surface area contributed by atoms with Gasteiger partial charge in [-0.25, -0.2) is 4.98 Å². The number of benzene rings is 1. The molecule has 1 aliphatic heterocycles. The minimum atomic E-state index is -4.93. The van der Waals surface area contributed by atoms with Gasteiger partial charge in [0.25, 0.3) is 5.91 Å². The highest BCUT2D eigenvalue weighted by molar-refractivity contribution is 7.13. The molecule has 1 atom stereocenters. The minimum absolute atomic E-state index is 0.0246. The Morgan fingerprint density at radius 2 is 2.00 bits per heavy atom. The highest BCUT2D eigenvalue weighted by Crippen LogP contribution is 2.46. The number of carboxylic acid groups (broad SMARTS) is 1. The van der Waals surface area contributed by atoms with E-state index in [-0.39, 0.29) is 12.2 Å². The van der Waals surface area contributed by atoms with Gasteiger partial charge < -0.3 is 10.0 Å². The topological polar surface area (TPSA) is 70.5 Å². The van der Waals surface area contributed by atoms with Gasteiger partial charge in [0.2, 0.25) is 0 Å². The minimum Gasteiger partial charge on any atom is -0.481 e. The number of alkyl halides is 3. The maximum atomic E-state index is 13.2. The second kappa shape index (κ2) is 6.39. The molecule has 0 spiro atoms. The predicted molar refractivity (Wildman–Crippen MR) is 88.9 cm³/mol. The van der Waals surface area contributed by atoms with Crippen molar-refractivity contribution < 1.29 is 27.9 Å². The summed E-state index contributed by atoms with van der Waals surface area (Å²) in [5.74, 6) is -2.65. The summed E-state index contributed by atoms with van der Waals surface area (Å²) in [6.45, 7) is 0.715. The number of carbonyl (C=O) groups excluding carboxylic acids is 1. The number of aromatic nitrogens is 1. The van der Waals surface area contributed by atoms with Crippen molar-refractivity contribution in [2.75, 3.05) is 13.1 Å². The van der Waals surface area contributed by atoms with Gasteiger partial charge in [0.1, 0.15) is 10.7 Å². The molecule has 5 nitrogen and oxygen atoms in total. The van der Waals surface area contributed by atoms with Gasteiger partial charge in [0.05, 0.1) is 0 Å². The molecule has 0 radical (unpaired) electrons. The number of aryl methyl sites for hydroxylation is 1. The van der Waals surface area contributed by atoms with Crippen LogP contribution in [0.1, 0.15) is 22.5 Å². The van der Waals surface area contributed by atoms with Crippen molar-refractivity contribution in [2.24, 2.45) is 5.41 Å². The zero-order valence-corrected chi connectivity index (χ0v) is 14.5. The molecule has 0 saturated carbocycles. The first kappa shape index (κ1) is 18.4. The van der Waals surface area contributed by atoms with E-state index < -0.39 is 36.4 Å². The Balaban J connectivity index is 1.84. The van der Waals surface area contributed by atoms with Crippen LogP contribution >= 0.6 is 11.3 Å². The van der Waals surface area contributed by atoms with E-state index in [2.05, 4.69) is 4.98 Å². The lowest BCUT2D eigenvalue weighted by Crippen LogP contribution is -2.47. The number of hydrogen-bond acceptors (Lipinski definition) is 4. The molecule has 2 heterocycles. The third kappa shape index (κ3) is 2.96. The van der Waals surface area contributed by atoms with Crippen molar-refractivity contribution in [2.45, 2.75) is 19.5 Å². The Morgan fingerprint density at radius 3 is 2.58 bits per heavy atom. The maximum Gasteiger partial charge on any atom is 0.406 e. The van der Waals surface area contributed by atoms with Gasteiger partial charge in [-0.1, -0.05) is 24.3 Å². The predicted octanol–water partition coefficient (Wildman–Crippen LogP) is 3.60. The molecule has 2 aromatic rings. The first-order chi connectivity index (χ1) is 12.2. The van der Waals surface area contributed by atoms with Gasteiger partial charge >= 0.3 is 12.1 Å².